The van der Waals surface area contributed by atoms with Crippen molar-refractivity contribution < 1.29 is 14.3 Å². The number of amides is 1. The van der Waals surface area contributed by atoms with Gasteiger partial charge in [-0.05, 0) is 55.9 Å². The van der Waals surface area contributed by atoms with E-state index in [0.29, 0.717) is 12.2 Å². The quantitative estimate of drug-likeness (QED) is 0.861. The van der Waals surface area contributed by atoms with Gasteiger partial charge in [0, 0.05) is 23.8 Å². The van der Waals surface area contributed by atoms with Crippen LogP contribution in [0.15, 0.2) is 22.6 Å². The molecule has 1 atom stereocenters. The summed E-state index contributed by atoms with van der Waals surface area (Å²) in [7, 11) is 0. The summed E-state index contributed by atoms with van der Waals surface area (Å²) in [6.45, 7) is 4.12. The zero-order valence-corrected chi connectivity index (χ0v) is 13.4. The highest BCUT2D eigenvalue weighted by Gasteiger charge is 2.17. The van der Waals surface area contributed by atoms with Gasteiger partial charge < -0.3 is 14.8 Å². The molecular weight excluding hydrogens is 286 g/mol. The van der Waals surface area contributed by atoms with Crippen molar-refractivity contribution in [3.05, 3.63) is 35.1 Å². The van der Waals surface area contributed by atoms with Gasteiger partial charge in [0.15, 0.2) is 5.76 Å². The molecule has 5 heteroatoms. The van der Waals surface area contributed by atoms with Crippen LogP contribution < -0.4 is 5.32 Å². The molecule has 1 aromatic heterocycles. The van der Waals surface area contributed by atoms with E-state index in [9.17, 15) is 4.79 Å². The first-order chi connectivity index (χ1) is 10.0. The van der Waals surface area contributed by atoms with Crippen molar-refractivity contribution in [1.29, 1.82) is 0 Å². The molecule has 0 spiro atoms. The fourth-order valence-corrected chi connectivity index (χ4v) is 2.88. The molecule has 0 aliphatic carbocycles. The Morgan fingerprint density at radius 2 is 2.05 bits per heavy atom. The summed E-state index contributed by atoms with van der Waals surface area (Å²) in [6.07, 6.45) is 2.52. The second-order valence-electron chi connectivity index (χ2n) is 5.22. The van der Waals surface area contributed by atoms with Gasteiger partial charge >= 0.3 is 0 Å². The zero-order chi connectivity index (χ0) is 15.4. The molecule has 0 radical (unpaired) electrons. The molecule has 21 heavy (non-hydrogen) atoms. The summed E-state index contributed by atoms with van der Waals surface area (Å²) in [5.41, 5.74) is 3.05. The Morgan fingerprint density at radius 1 is 1.33 bits per heavy atom. The van der Waals surface area contributed by atoms with Crippen LogP contribution in [0, 0.1) is 13.8 Å². The maximum Gasteiger partial charge on any atom is 0.287 e. The van der Waals surface area contributed by atoms with Gasteiger partial charge in [0.1, 0.15) is 5.58 Å². The van der Waals surface area contributed by atoms with Crippen molar-refractivity contribution in [1.82, 2.24) is 5.32 Å². The van der Waals surface area contributed by atoms with E-state index in [0.717, 1.165) is 22.3 Å². The Bertz CT molecular complexity index is 591. The molecule has 0 bridgehead atoms. The number of aliphatic hydroxyl groups excluding tert-OH is 1. The van der Waals surface area contributed by atoms with Crippen LogP contribution >= 0.6 is 11.8 Å². The van der Waals surface area contributed by atoms with Crippen molar-refractivity contribution in [2.24, 2.45) is 0 Å². The van der Waals surface area contributed by atoms with E-state index in [1.165, 1.54) is 5.56 Å². The Kier molecular flexibility index (Phi) is 5.31. The lowest BCUT2D eigenvalue weighted by Crippen LogP contribution is -2.37. The number of aliphatic hydroxyl groups is 1. The fourth-order valence-electron chi connectivity index (χ4n) is 2.22. The highest BCUT2D eigenvalue weighted by molar-refractivity contribution is 7.98. The monoisotopic (exact) mass is 307 g/mol. The number of benzene rings is 1. The smallest absolute Gasteiger partial charge is 0.287 e. The van der Waals surface area contributed by atoms with Crippen molar-refractivity contribution in [2.45, 2.75) is 26.3 Å². The summed E-state index contributed by atoms with van der Waals surface area (Å²) < 4.78 is 5.64. The predicted octanol–water partition coefficient (Wildman–Crippen LogP) is 2.89. The van der Waals surface area contributed by atoms with E-state index in [2.05, 4.69) is 5.32 Å². The number of fused-ring (bicyclic) bond motifs is 1. The van der Waals surface area contributed by atoms with E-state index in [1.807, 2.05) is 32.2 Å². The maximum atomic E-state index is 12.2. The van der Waals surface area contributed by atoms with Crippen molar-refractivity contribution >= 4 is 28.6 Å². The second kappa shape index (κ2) is 7.00. The lowest BCUT2D eigenvalue weighted by molar-refractivity contribution is 0.0909. The number of carbonyl (C=O) groups is 1. The number of aryl methyl sites for hydroxylation is 2. The van der Waals surface area contributed by atoms with E-state index in [-0.39, 0.29) is 18.6 Å². The third-order valence-electron chi connectivity index (χ3n) is 3.54. The van der Waals surface area contributed by atoms with Crippen LogP contribution in [-0.4, -0.2) is 35.7 Å². The second-order valence-corrected chi connectivity index (χ2v) is 6.13. The maximum absolute atomic E-state index is 12.2. The molecule has 1 unspecified atom stereocenters. The molecule has 1 heterocycles. The topological polar surface area (TPSA) is 62.5 Å². The Hall–Kier alpha value is -1.46. The largest absolute Gasteiger partial charge is 0.451 e. The van der Waals surface area contributed by atoms with Gasteiger partial charge in [0.2, 0.25) is 0 Å². The summed E-state index contributed by atoms with van der Waals surface area (Å²) in [5.74, 6) is 0.859. The summed E-state index contributed by atoms with van der Waals surface area (Å²) in [5, 5.41) is 12.9. The molecule has 0 fully saturated rings. The van der Waals surface area contributed by atoms with E-state index >= 15 is 0 Å². The van der Waals surface area contributed by atoms with E-state index in [1.54, 1.807) is 17.8 Å². The van der Waals surface area contributed by atoms with Crippen LogP contribution in [0.3, 0.4) is 0 Å². The molecule has 0 saturated carbocycles. The van der Waals surface area contributed by atoms with Gasteiger partial charge in [-0.3, -0.25) is 4.79 Å². The Balaban J connectivity index is 2.18. The van der Waals surface area contributed by atoms with E-state index in [4.69, 9.17) is 9.52 Å². The standard InChI is InChI=1S/C16H21NO3S/c1-10-6-12-8-15(20-14(12)7-11(10)2)16(19)17-13(4-5-18)9-21-3/h6-8,13,18H,4-5,9H2,1-3H3,(H,17,19). The molecule has 4 nitrogen and oxygen atoms in total. The van der Waals surface area contributed by atoms with Crippen LogP contribution in [0.1, 0.15) is 28.1 Å². The first-order valence-electron chi connectivity index (χ1n) is 6.96. The van der Waals surface area contributed by atoms with Crippen molar-refractivity contribution in [2.75, 3.05) is 18.6 Å². The highest BCUT2D eigenvalue weighted by Crippen LogP contribution is 2.23. The normalized spacial score (nSPS) is 12.6. The predicted molar refractivity (Wildman–Crippen MR) is 87.0 cm³/mol. The lowest BCUT2D eigenvalue weighted by Gasteiger charge is -2.15. The molecule has 1 aromatic carbocycles. The van der Waals surface area contributed by atoms with Crippen molar-refractivity contribution in [3.63, 3.8) is 0 Å². The van der Waals surface area contributed by atoms with Crippen LogP contribution in [0.25, 0.3) is 11.0 Å². The first-order valence-corrected chi connectivity index (χ1v) is 8.36. The van der Waals surface area contributed by atoms with Crippen LogP contribution in [0.2, 0.25) is 0 Å². The van der Waals surface area contributed by atoms with Gasteiger partial charge in [-0.1, -0.05) is 0 Å². The fraction of sp³-hybridized carbons (Fsp3) is 0.438. The van der Waals surface area contributed by atoms with Gasteiger partial charge in [0.05, 0.1) is 0 Å². The van der Waals surface area contributed by atoms with Gasteiger partial charge in [-0.25, -0.2) is 0 Å². The number of thioether (sulfide) groups is 1. The lowest BCUT2D eigenvalue weighted by atomic mass is 10.1. The average Bonchev–Trinajstić information content (AvgIpc) is 2.83. The first kappa shape index (κ1) is 15.9. The van der Waals surface area contributed by atoms with E-state index < -0.39 is 0 Å². The third-order valence-corrected chi connectivity index (χ3v) is 4.27. The van der Waals surface area contributed by atoms with Crippen LogP contribution in [-0.2, 0) is 0 Å². The summed E-state index contributed by atoms with van der Waals surface area (Å²) in [6, 6.07) is 5.70. The Labute approximate surface area is 128 Å². The summed E-state index contributed by atoms with van der Waals surface area (Å²) in [4.78, 5) is 12.2. The van der Waals surface area contributed by atoms with Gasteiger partial charge in [0.25, 0.3) is 5.91 Å². The SMILES string of the molecule is CSCC(CCO)NC(=O)c1cc2cc(C)c(C)cc2o1. The molecule has 114 valence electrons. The number of hydrogen-bond acceptors (Lipinski definition) is 4. The highest BCUT2D eigenvalue weighted by atomic mass is 32.2. The molecule has 0 saturated heterocycles. The van der Waals surface area contributed by atoms with Gasteiger partial charge in [-0.15, -0.1) is 0 Å². The molecule has 1 amide bonds. The van der Waals surface area contributed by atoms with Gasteiger partial charge in [-0.2, -0.15) is 11.8 Å². The molecule has 0 aliphatic rings. The number of carbonyl (C=O) groups excluding carboxylic acids is 1. The van der Waals surface area contributed by atoms with Crippen LogP contribution in [0.4, 0.5) is 0 Å². The number of hydrogen-bond donors (Lipinski definition) is 2. The number of nitrogens with one attached hydrogen (secondary N) is 1. The molecule has 2 rings (SSSR count). The molecule has 2 N–H and O–H groups in total. The zero-order valence-electron chi connectivity index (χ0n) is 12.6. The Morgan fingerprint density at radius 3 is 2.71 bits per heavy atom. The molecular formula is C16H21NO3S. The minimum atomic E-state index is -0.228. The minimum absolute atomic E-state index is 0.0471. The van der Waals surface area contributed by atoms with Crippen molar-refractivity contribution in [3.8, 4) is 0 Å². The number of furan rings is 1. The minimum Gasteiger partial charge on any atom is -0.451 e. The molecule has 0 aliphatic heterocycles. The summed E-state index contributed by atoms with van der Waals surface area (Å²) >= 11 is 1.64. The average molecular weight is 307 g/mol. The third kappa shape index (κ3) is 3.80. The van der Waals surface area contributed by atoms with Crippen LogP contribution in [0.5, 0.6) is 0 Å². The number of rotatable bonds is 6. The molecule has 2 aromatic rings.